The Morgan fingerprint density at radius 3 is 2.71 bits per heavy atom. The molecule has 0 fully saturated rings. The fourth-order valence-electron chi connectivity index (χ4n) is 2.99. The minimum atomic E-state index is 0.0743. The highest BCUT2D eigenvalue weighted by molar-refractivity contribution is 5.79. The van der Waals surface area contributed by atoms with Crippen LogP contribution >= 0.6 is 0 Å². The van der Waals surface area contributed by atoms with E-state index in [1.54, 1.807) is 14.2 Å². The molecule has 7 nitrogen and oxygen atoms in total. The van der Waals surface area contributed by atoms with Gasteiger partial charge in [-0.1, -0.05) is 27.2 Å². The summed E-state index contributed by atoms with van der Waals surface area (Å²) in [5.41, 5.74) is 0.0743. The van der Waals surface area contributed by atoms with Gasteiger partial charge in [0.25, 0.3) is 0 Å². The van der Waals surface area contributed by atoms with E-state index < -0.39 is 0 Å². The molecule has 1 aliphatic heterocycles. The predicted molar refractivity (Wildman–Crippen MR) is 96.0 cm³/mol. The van der Waals surface area contributed by atoms with Crippen molar-refractivity contribution in [2.45, 2.75) is 65.6 Å². The van der Waals surface area contributed by atoms with Crippen molar-refractivity contribution in [2.24, 2.45) is 10.4 Å². The molecule has 0 aromatic carbocycles. The van der Waals surface area contributed by atoms with Gasteiger partial charge in [-0.25, -0.2) is 0 Å². The Morgan fingerprint density at radius 1 is 1.25 bits per heavy atom. The number of hydrogen-bond acceptors (Lipinski definition) is 4. The van der Waals surface area contributed by atoms with Crippen LogP contribution in [0, 0.1) is 5.41 Å². The maximum atomic E-state index is 5.58. The number of aliphatic imine (C=N–C) groups is 1. The molecule has 0 bridgehead atoms. The summed E-state index contributed by atoms with van der Waals surface area (Å²) in [6, 6.07) is 0. The fourth-order valence-corrected chi connectivity index (χ4v) is 2.99. The lowest BCUT2D eigenvalue weighted by Crippen LogP contribution is -2.45. The molecule has 7 heteroatoms. The standard InChI is InChI=1S/C17H32N6O/c1-17(2,3)13(24-5)11-19-16(18-4)20-12-15-22-21-14-9-7-6-8-10-23(14)15/h13H,6-12H2,1-5H3,(H2,18,19,20). The number of fused-ring (bicyclic) bond motifs is 1. The van der Waals surface area contributed by atoms with Crippen LogP contribution in [-0.4, -0.2) is 47.5 Å². The molecule has 2 rings (SSSR count). The Labute approximate surface area is 145 Å². The first-order valence-electron chi connectivity index (χ1n) is 8.84. The van der Waals surface area contributed by atoms with Crippen molar-refractivity contribution >= 4 is 5.96 Å². The highest BCUT2D eigenvalue weighted by atomic mass is 16.5. The molecular formula is C17H32N6O. The third kappa shape index (κ3) is 4.93. The van der Waals surface area contributed by atoms with Crippen molar-refractivity contribution in [3.8, 4) is 0 Å². The van der Waals surface area contributed by atoms with Gasteiger partial charge in [0.15, 0.2) is 11.8 Å². The highest BCUT2D eigenvalue weighted by Gasteiger charge is 2.24. The van der Waals surface area contributed by atoms with Crippen LogP contribution in [0.1, 0.15) is 51.7 Å². The van der Waals surface area contributed by atoms with Crippen LogP contribution in [0.5, 0.6) is 0 Å². The number of nitrogens with one attached hydrogen (secondary N) is 2. The number of aromatic nitrogens is 3. The maximum Gasteiger partial charge on any atom is 0.191 e. The number of hydrogen-bond donors (Lipinski definition) is 2. The van der Waals surface area contributed by atoms with Crippen molar-refractivity contribution in [1.29, 1.82) is 0 Å². The molecule has 0 saturated heterocycles. The van der Waals surface area contributed by atoms with Crippen molar-refractivity contribution in [1.82, 2.24) is 25.4 Å². The zero-order valence-electron chi connectivity index (χ0n) is 15.7. The molecule has 0 radical (unpaired) electrons. The highest BCUT2D eigenvalue weighted by Crippen LogP contribution is 2.20. The summed E-state index contributed by atoms with van der Waals surface area (Å²) >= 11 is 0. The van der Waals surface area contributed by atoms with Gasteiger partial charge in [-0.3, -0.25) is 4.99 Å². The minimum absolute atomic E-state index is 0.0743. The summed E-state index contributed by atoms with van der Waals surface area (Å²) in [6.07, 6.45) is 4.82. The van der Waals surface area contributed by atoms with Crippen LogP contribution in [0.4, 0.5) is 0 Å². The van der Waals surface area contributed by atoms with E-state index >= 15 is 0 Å². The molecule has 2 N–H and O–H groups in total. The maximum absolute atomic E-state index is 5.58. The second-order valence-electron chi connectivity index (χ2n) is 7.39. The van der Waals surface area contributed by atoms with Crippen LogP contribution in [0.3, 0.4) is 0 Å². The first-order chi connectivity index (χ1) is 11.5. The lowest BCUT2D eigenvalue weighted by Gasteiger charge is -2.30. The van der Waals surface area contributed by atoms with Gasteiger partial charge in [0, 0.05) is 33.7 Å². The normalized spacial score (nSPS) is 17.1. The zero-order chi connectivity index (χ0) is 17.6. The predicted octanol–water partition coefficient (Wildman–Crippen LogP) is 1.73. The van der Waals surface area contributed by atoms with E-state index in [2.05, 4.69) is 51.2 Å². The second-order valence-corrected chi connectivity index (χ2v) is 7.39. The summed E-state index contributed by atoms with van der Waals surface area (Å²) in [5.74, 6) is 2.85. The third-order valence-corrected chi connectivity index (χ3v) is 4.53. The largest absolute Gasteiger partial charge is 0.379 e. The van der Waals surface area contributed by atoms with E-state index in [1.807, 2.05) is 0 Å². The second kappa shape index (κ2) is 8.46. The third-order valence-electron chi connectivity index (χ3n) is 4.53. The molecule has 0 aliphatic carbocycles. The Balaban J connectivity index is 1.89. The molecule has 1 atom stereocenters. The van der Waals surface area contributed by atoms with E-state index in [4.69, 9.17) is 4.74 Å². The smallest absolute Gasteiger partial charge is 0.191 e. The van der Waals surface area contributed by atoms with Gasteiger partial charge in [0.2, 0.25) is 0 Å². The lowest BCUT2D eigenvalue weighted by molar-refractivity contribution is 0.0205. The van der Waals surface area contributed by atoms with Gasteiger partial charge in [0.1, 0.15) is 5.82 Å². The quantitative estimate of drug-likeness (QED) is 0.632. The van der Waals surface area contributed by atoms with E-state index in [1.165, 1.54) is 19.3 Å². The lowest BCUT2D eigenvalue weighted by atomic mass is 9.89. The average Bonchev–Trinajstić information content (AvgIpc) is 2.77. The zero-order valence-corrected chi connectivity index (χ0v) is 15.7. The van der Waals surface area contributed by atoms with Gasteiger partial charge in [-0.05, 0) is 18.3 Å². The molecule has 1 aliphatic rings. The van der Waals surface area contributed by atoms with Crippen LogP contribution in [0.15, 0.2) is 4.99 Å². The van der Waals surface area contributed by atoms with Crippen LogP contribution in [0.25, 0.3) is 0 Å². The van der Waals surface area contributed by atoms with Crippen molar-refractivity contribution < 1.29 is 4.74 Å². The van der Waals surface area contributed by atoms with Gasteiger partial charge in [0.05, 0.1) is 12.6 Å². The minimum Gasteiger partial charge on any atom is -0.379 e. The van der Waals surface area contributed by atoms with E-state index in [9.17, 15) is 0 Å². The summed E-state index contributed by atoms with van der Waals surface area (Å²) in [4.78, 5) is 4.29. The Morgan fingerprint density at radius 2 is 2.04 bits per heavy atom. The van der Waals surface area contributed by atoms with Crippen LogP contribution < -0.4 is 10.6 Å². The van der Waals surface area contributed by atoms with Crippen molar-refractivity contribution in [3.63, 3.8) is 0 Å². The number of nitrogens with zero attached hydrogens (tertiary/aromatic N) is 4. The van der Waals surface area contributed by atoms with Crippen molar-refractivity contribution in [3.05, 3.63) is 11.6 Å². The molecule has 1 aromatic heterocycles. The Hall–Kier alpha value is -1.63. The van der Waals surface area contributed by atoms with Gasteiger partial charge >= 0.3 is 0 Å². The molecule has 2 heterocycles. The first kappa shape index (κ1) is 18.7. The number of rotatable bonds is 5. The molecule has 1 unspecified atom stereocenters. The van der Waals surface area contributed by atoms with Crippen LogP contribution in [-0.2, 0) is 24.2 Å². The fraction of sp³-hybridized carbons (Fsp3) is 0.824. The van der Waals surface area contributed by atoms with Gasteiger partial charge in [-0.15, -0.1) is 10.2 Å². The van der Waals surface area contributed by atoms with Gasteiger partial charge < -0.3 is 19.9 Å². The summed E-state index contributed by atoms with van der Waals surface area (Å²) in [7, 11) is 3.53. The summed E-state index contributed by atoms with van der Waals surface area (Å²) in [6.45, 7) is 8.86. The van der Waals surface area contributed by atoms with E-state index in [-0.39, 0.29) is 11.5 Å². The summed E-state index contributed by atoms with van der Waals surface area (Å²) < 4.78 is 7.83. The molecule has 1 aromatic rings. The molecule has 0 saturated carbocycles. The molecule has 0 amide bonds. The number of methoxy groups -OCH3 is 1. The first-order valence-corrected chi connectivity index (χ1v) is 8.84. The molecular weight excluding hydrogens is 304 g/mol. The number of ether oxygens (including phenoxy) is 1. The Kier molecular flexibility index (Phi) is 6.60. The molecule has 0 spiro atoms. The monoisotopic (exact) mass is 336 g/mol. The average molecular weight is 336 g/mol. The number of aryl methyl sites for hydroxylation is 1. The molecule has 136 valence electrons. The topological polar surface area (TPSA) is 76.4 Å². The molecule has 24 heavy (non-hydrogen) atoms. The number of guanidine groups is 1. The van der Waals surface area contributed by atoms with E-state index in [0.29, 0.717) is 13.1 Å². The van der Waals surface area contributed by atoms with Gasteiger partial charge in [-0.2, -0.15) is 0 Å². The summed E-state index contributed by atoms with van der Waals surface area (Å²) in [5, 5.41) is 15.3. The SMILES string of the molecule is CN=C(NCc1nnc2n1CCCCC2)NCC(OC)C(C)(C)C. The van der Waals surface area contributed by atoms with Crippen LogP contribution in [0.2, 0.25) is 0 Å². The Bertz CT molecular complexity index is 546. The van der Waals surface area contributed by atoms with Crippen molar-refractivity contribution in [2.75, 3.05) is 20.7 Å². The van der Waals surface area contributed by atoms with E-state index in [0.717, 1.165) is 30.6 Å².